The molecule has 4 heteroatoms. The number of carbonyl (C=O) groups excluding carboxylic acids is 1. The van der Waals surface area contributed by atoms with E-state index in [2.05, 4.69) is 15.9 Å². The second-order valence-corrected chi connectivity index (χ2v) is 3.89. The molecule has 0 spiro atoms. The summed E-state index contributed by atoms with van der Waals surface area (Å²) in [6.45, 7) is 1.64. The minimum Gasteiger partial charge on any atom is -0.378 e. The summed E-state index contributed by atoms with van der Waals surface area (Å²) in [6.07, 6.45) is 0. The van der Waals surface area contributed by atoms with E-state index in [4.69, 9.17) is 10.2 Å². The van der Waals surface area contributed by atoms with E-state index >= 15 is 0 Å². The Morgan fingerprint density at radius 3 is 2.53 bits per heavy atom. The number of benzene rings is 1. The number of ether oxygens (including phenoxy) is 1. The first-order valence-corrected chi connectivity index (χ1v) is 5.37. The molecule has 1 aromatic carbocycles. The molecule has 0 radical (unpaired) electrons. The molecule has 1 aliphatic rings. The van der Waals surface area contributed by atoms with Crippen LogP contribution in [0.15, 0.2) is 28.6 Å². The lowest BCUT2D eigenvalue weighted by molar-refractivity contribution is 0.0303. The van der Waals surface area contributed by atoms with Gasteiger partial charge in [0.05, 0.1) is 18.7 Å². The molecule has 1 aromatic rings. The lowest BCUT2D eigenvalue weighted by Crippen LogP contribution is -2.40. The molecule has 0 N–H and O–H groups in total. The first-order chi connectivity index (χ1) is 8.95. The van der Waals surface area contributed by atoms with Crippen LogP contribution in [-0.2, 0) is 4.74 Å². The molecule has 0 aromatic heterocycles. The average Bonchev–Trinajstić information content (AvgIpc) is 2.44. The summed E-state index contributed by atoms with van der Waals surface area (Å²) < 4.78 is 36.3. The van der Waals surface area contributed by atoms with Crippen LogP contribution >= 0.6 is 15.9 Å². The van der Waals surface area contributed by atoms with E-state index in [0.717, 1.165) is 0 Å². The third-order valence-electron chi connectivity index (χ3n) is 2.11. The van der Waals surface area contributed by atoms with Gasteiger partial charge in [-0.25, -0.2) is 0 Å². The van der Waals surface area contributed by atoms with E-state index in [1.54, 1.807) is 0 Å². The number of hydrogen-bond acceptors (Lipinski definition) is 2. The molecule has 0 aliphatic carbocycles. The Morgan fingerprint density at radius 2 is 1.93 bits per heavy atom. The van der Waals surface area contributed by atoms with Gasteiger partial charge in [0.2, 0.25) is 0 Å². The summed E-state index contributed by atoms with van der Waals surface area (Å²) >= 11 is 3.00. The summed E-state index contributed by atoms with van der Waals surface area (Å²) in [5.74, 6) is -0.479. The largest absolute Gasteiger partial charge is 0.378 e. The summed E-state index contributed by atoms with van der Waals surface area (Å²) in [7, 11) is 0. The van der Waals surface area contributed by atoms with Crippen LogP contribution in [0.5, 0.6) is 0 Å². The van der Waals surface area contributed by atoms with Crippen LogP contribution in [0, 0.1) is 0 Å². The number of morpholine rings is 1. The van der Waals surface area contributed by atoms with Crippen LogP contribution in [-0.4, -0.2) is 37.1 Å². The van der Waals surface area contributed by atoms with Crippen LogP contribution < -0.4 is 0 Å². The van der Waals surface area contributed by atoms with Crippen molar-refractivity contribution < 1.29 is 15.0 Å². The monoisotopic (exact) mass is 273 g/mol. The van der Waals surface area contributed by atoms with E-state index < -0.39 is 5.91 Å². The zero-order valence-electron chi connectivity index (χ0n) is 12.0. The van der Waals surface area contributed by atoms with E-state index in [1.807, 2.05) is 0 Å². The van der Waals surface area contributed by atoms with Crippen molar-refractivity contribution in [2.24, 2.45) is 0 Å². The summed E-state index contributed by atoms with van der Waals surface area (Å²) in [4.78, 5) is 13.8. The van der Waals surface area contributed by atoms with Gasteiger partial charge < -0.3 is 9.64 Å². The van der Waals surface area contributed by atoms with Gasteiger partial charge in [0.25, 0.3) is 5.91 Å². The Balaban J connectivity index is 2.47. The molecular formula is C11H12BrNO2. The van der Waals surface area contributed by atoms with Gasteiger partial charge in [0.15, 0.2) is 0 Å². The van der Waals surface area contributed by atoms with Crippen molar-refractivity contribution in [2.45, 2.75) is 0 Å². The zero-order chi connectivity index (χ0) is 14.2. The van der Waals surface area contributed by atoms with E-state index in [-0.39, 0.29) is 34.2 Å². The Labute approximate surface area is 103 Å². The molecular weight excluding hydrogens is 258 g/mol. The van der Waals surface area contributed by atoms with Crippen LogP contribution in [0.25, 0.3) is 0 Å². The van der Waals surface area contributed by atoms with Gasteiger partial charge in [-0.2, -0.15) is 0 Å². The van der Waals surface area contributed by atoms with Crippen molar-refractivity contribution in [1.82, 2.24) is 4.90 Å². The van der Waals surface area contributed by atoms with E-state index in [1.165, 1.54) is 4.90 Å². The molecule has 0 unspecified atom stereocenters. The Morgan fingerprint density at radius 1 is 1.33 bits per heavy atom. The van der Waals surface area contributed by atoms with Crippen molar-refractivity contribution in [3.05, 3.63) is 34.2 Å². The quantitative estimate of drug-likeness (QED) is 0.783. The SMILES string of the molecule is [2H]c1c([2H])c(C(=O)N2CCOCC2)c([2H])c([2H])c1Br. The highest BCUT2D eigenvalue weighted by Gasteiger charge is 2.17. The van der Waals surface area contributed by atoms with Gasteiger partial charge in [-0.3, -0.25) is 4.79 Å². The van der Waals surface area contributed by atoms with Gasteiger partial charge >= 0.3 is 0 Å². The second kappa shape index (κ2) is 4.77. The van der Waals surface area contributed by atoms with E-state index in [9.17, 15) is 4.79 Å². The molecule has 0 bridgehead atoms. The number of hydrogen-bond donors (Lipinski definition) is 0. The number of rotatable bonds is 1. The predicted octanol–water partition coefficient (Wildman–Crippen LogP) is 1.92. The van der Waals surface area contributed by atoms with Crippen molar-refractivity contribution in [1.29, 1.82) is 0 Å². The highest BCUT2D eigenvalue weighted by Crippen LogP contribution is 2.12. The molecule has 2 rings (SSSR count). The number of nitrogens with zero attached hydrogens (tertiary/aromatic N) is 1. The van der Waals surface area contributed by atoms with Crippen molar-refractivity contribution in [3.63, 3.8) is 0 Å². The van der Waals surface area contributed by atoms with Crippen LogP contribution in [0.4, 0.5) is 0 Å². The fourth-order valence-corrected chi connectivity index (χ4v) is 1.53. The second-order valence-electron chi connectivity index (χ2n) is 3.09. The molecule has 1 heterocycles. The molecule has 15 heavy (non-hydrogen) atoms. The topological polar surface area (TPSA) is 29.5 Å². The fourth-order valence-electron chi connectivity index (χ4n) is 1.33. The van der Waals surface area contributed by atoms with Gasteiger partial charge in [-0.1, -0.05) is 15.9 Å². The zero-order valence-corrected chi connectivity index (χ0v) is 9.56. The van der Waals surface area contributed by atoms with Crippen molar-refractivity contribution in [3.8, 4) is 0 Å². The number of amides is 1. The molecule has 3 nitrogen and oxygen atoms in total. The molecule has 80 valence electrons. The average molecular weight is 274 g/mol. The van der Waals surface area contributed by atoms with Gasteiger partial charge in [0.1, 0.15) is 0 Å². The van der Waals surface area contributed by atoms with Crippen LogP contribution in [0.3, 0.4) is 0 Å². The summed E-state index contributed by atoms with van der Waals surface area (Å²) in [6, 6.07) is -1.11. The molecule has 1 fully saturated rings. The molecule has 1 aliphatic heterocycles. The maximum atomic E-state index is 12.3. The molecule has 0 atom stereocenters. The van der Waals surface area contributed by atoms with Gasteiger partial charge in [0, 0.05) is 23.1 Å². The maximum absolute atomic E-state index is 12.3. The van der Waals surface area contributed by atoms with Crippen LogP contribution in [0.1, 0.15) is 15.8 Å². The lowest BCUT2D eigenvalue weighted by Gasteiger charge is -2.26. The minimum atomic E-state index is -0.479. The number of carbonyl (C=O) groups is 1. The highest BCUT2D eigenvalue weighted by atomic mass is 79.9. The third-order valence-corrected chi connectivity index (χ3v) is 2.50. The summed E-state index contributed by atoms with van der Waals surface area (Å²) in [5, 5.41) is 0. The molecule has 1 saturated heterocycles. The standard InChI is InChI=1S/C11H12BrNO2/c12-10-3-1-9(2-4-10)11(14)13-5-7-15-8-6-13/h1-4H,5-8H2/i1D,2D,3D,4D. The Bertz CT molecular complexity index is 503. The Kier molecular flexibility index (Phi) is 2.12. The minimum absolute atomic E-state index is 0.0704. The van der Waals surface area contributed by atoms with Gasteiger partial charge in [-0.05, 0) is 24.2 Å². The maximum Gasteiger partial charge on any atom is 0.254 e. The molecule has 0 saturated carbocycles. The molecule has 1 amide bonds. The normalized spacial score (nSPS) is 20.2. The highest BCUT2D eigenvalue weighted by molar-refractivity contribution is 9.10. The van der Waals surface area contributed by atoms with Gasteiger partial charge in [-0.15, -0.1) is 0 Å². The van der Waals surface area contributed by atoms with Crippen LogP contribution in [0.2, 0.25) is 0 Å². The van der Waals surface area contributed by atoms with Crippen molar-refractivity contribution >= 4 is 21.8 Å². The number of halogens is 1. The fraction of sp³-hybridized carbons (Fsp3) is 0.364. The Hall–Kier alpha value is -0.870. The first kappa shape index (κ1) is 6.66. The van der Waals surface area contributed by atoms with E-state index in [0.29, 0.717) is 26.3 Å². The third kappa shape index (κ3) is 2.58. The lowest BCUT2D eigenvalue weighted by atomic mass is 10.2. The summed E-state index contributed by atoms with van der Waals surface area (Å²) in [5.41, 5.74) is -0.180. The van der Waals surface area contributed by atoms with Crippen molar-refractivity contribution in [2.75, 3.05) is 26.3 Å². The first-order valence-electron chi connectivity index (χ1n) is 6.58. The smallest absolute Gasteiger partial charge is 0.254 e. The predicted molar refractivity (Wildman–Crippen MR) is 60.9 cm³/mol.